The maximum absolute atomic E-state index is 6.12. The van der Waals surface area contributed by atoms with Gasteiger partial charge in [-0.25, -0.2) is 4.68 Å². The Morgan fingerprint density at radius 3 is 2.88 bits per heavy atom. The Morgan fingerprint density at radius 1 is 1.41 bits per heavy atom. The van der Waals surface area contributed by atoms with Crippen molar-refractivity contribution in [3.05, 3.63) is 29.4 Å². The van der Waals surface area contributed by atoms with Crippen molar-refractivity contribution in [2.45, 2.75) is 6.04 Å². The molecule has 0 spiro atoms. The Kier molecular flexibility index (Phi) is 2.49. The van der Waals surface area contributed by atoms with Crippen LogP contribution in [-0.4, -0.2) is 28.2 Å². The summed E-state index contributed by atoms with van der Waals surface area (Å²) in [5, 5.41) is 8.77. The average molecular weight is 251 g/mol. The predicted octanol–water partition coefficient (Wildman–Crippen LogP) is 1.75. The van der Waals surface area contributed by atoms with E-state index in [9.17, 15) is 0 Å². The van der Waals surface area contributed by atoms with E-state index >= 15 is 0 Å². The second-order valence-electron chi connectivity index (χ2n) is 4.01. The first kappa shape index (κ1) is 10.6. The molecule has 2 heterocycles. The molecule has 1 aliphatic rings. The lowest BCUT2D eigenvalue weighted by molar-refractivity contribution is -0.0293. The van der Waals surface area contributed by atoms with Gasteiger partial charge in [-0.05, 0) is 18.2 Å². The van der Waals surface area contributed by atoms with Crippen LogP contribution in [0, 0.1) is 0 Å². The highest BCUT2D eigenvalue weighted by atomic mass is 35.5. The molecule has 0 bridgehead atoms. The lowest BCUT2D eigenvalue weighted by atomic mass is 10.1. The van der Waals surface area contributed by atoms with Crippen LogP contribution >= 0.6 is 11.6 Å². The van der Waals surface area contributed by atoms with Gasteiger partial charge in [-0.2, -0.15) is 0 Å². The summed E-state index contributed by atoms with van der Waals surface area (Å²) >= 11 is 6.12. The zero-order valence-corrected chi connectivity index (χ0v) is 9.76. The molecular formula is C11H11ClN4O. The third-order valence-electron chi connectivity index (χ3n) is 2.77. The molecule has 1 aliphatic heterocycles. The van der Waals surface area contributed by atoms with Crippen LogP contribution in [0.3, 0.4) is 0 Å². The molecule has 5 nitrogen and oxygen atoms in total. The molecule has 0 amide bonds. The third kappa shape index (κ3) is 1.87. The molecule has 1 aromatic carbocycles. The van der Waals surface area contributed by atoms with E-state index < -0.39 is 0 Å². The molecule has 2 N–H and O–H groups in total. The van der Waals surface area contributed by atoms with Gasteiger partial charge in [0.15, 0.2) is 0 Å². The zero-order valence-electron chi connectivity index (χ0n) is 9.01. The van der Waals surface area contributed by atoms with Gasteiger partial charge in [0.1, 0.15) is 11.7 Å². The molecule has 0 aliphatic carbocycles. The monoisotopic (exact) mass is 250 g/mol. The van der Waals surface area contributed by atoms with Crippen molar-refractivity contribution in [3.8, 4) is 11.3 Å². The minimum Gasteiger partial charge on any atom is -0.399 e. The molecule has 1 aromatic heterocycles. The van der Waals surface area contributed by atoms with Crippen LogP contribution in [0.25, 0.3) is 11.3 Å². The third-order valence-corrected chi connectivity index (χ3v) is 3.09. The second-order valence-corrected chi connectivity index (χ2v) is 4.42. The van der Waals surface area contributed by atoms with Crippen LogP contribution in [0.15, 0.2) is 24.4 Å². The molecule has 0 atom stereocenters. The topological polar surface area (TPSA) is 66.0 Å². The number of hydrogen-bond donors (Lipinski definition) is 1. The number of nitrogens with two attached hydrogens (primary N) is 1. The van der Waals surface area contributed by atoms with E-state index in [1.54, 1.807) is 12.1 Å². The number of nitrogen functional groups attached to an aromatic ring is 1. The van der Waals surface area contributed by atoms with E-state index in [1.165, 1.54) is 0 Å². The summed E-state index contributed by atoms with van der Waals surface area (Å²) in [6.45, 7) is 1.39. The van der Waals surface area contributed by atoms with Crippen LogP contribution in [0.2, 0.25) is 5.02 Å². The van der Waals surface area contributed by atoms with Crippen molar-refractivity contribution in [2.24, 2.45) is 0 Å². The maximum Gasteiger partial charge on any atom is 0.114 e. The molecule has 3 rings (SSSR count). The molecule has 6 heteroatoms. The SMILES string of the molecule is Nc1ccc(-c2cn(C3COC3)nn2)c(Cl)c1. The highest BCUT2D eigenvalue weighted by Gasteiger charge is 2.22. The van der Waals surface area contributed by atoms with Crippen molar-refractivity contribution in [2.75, 3.05) is 18.9 Å². The van der Waals surface area contributed by atoms with Gasteiger partial charge < -0.3 is 10.5 Å². The molecule has 1 saturated heterocycles. The molecular weight excluding hydrogens is 240 g/mol. The number of anilines is 1. The zero-order chi connectivity index (χ0) is 11.8. The molecule has 17 heavy (non-hydrogen) atoms. The van der Waals surface area contributed by atoms with E-state index in [4.69, 9.17) is 22.1 Å². The van der Waals surface area contributed by atoms with E-state index in [0.29, 0.717) is 30.0 Å². The first-order chi connectivity index (χ1) is 8.24. The Hall–Kier alpha value is -1.59. The summed E-state index contributed by atoms with van der Waals surface area (Å²) in [6.07, 6.45) is 1.88. The normalized spacial score (nSPS) is 15.8. The minimum atomic E-state index is 0.295. The number of hydrogen-bond acceptors (Lipinski definition) is 4. The smallest absolute Gasteiger partial charge is 0.114 e. The Bertz CT molecular complexity index is 550. The fourth-order valence-electron chi connectivity index (χ4n) is 1.69. The van der Waals surface area contributed by atoms with Crippen molar-refractivity contribution in [3.63, 3.8) is 0 Å². The predicted molar refractivity (Wildman–Crippen MR) is 64.7 cm³/mol. The number of aromatic nitrogens is 3. The number of rotatable bonds is 2. The quantitative estimate of drug-likeness (QED) is 0.825. The average Bonchev–Trinajstić information content (AvgIpc) is 2.64. The van der Waals surface area contributed by atoms with E-state index in [1.807, 2.05) is 16.9 Å². The van der Waals surface area contributed by atoms with Gasteiger partial charge in [0.25, 0.3) is 0 Å². The molecule has 1 fully saturated rings. The molecule has 0 radical (unpaired) electrons. The first-order valence-corrected chi connectivity index (χ1v) is 5.67. The first-order valence-electron chi connectivity index (χ1n) is 5.29. The fraction of sp³-hybridized carbons (Fsp3) is 0.273. The van der Waals surface area contributed by atoms with Crippen molar-refractivity contribution in [1.29, 1.82) is 0 Å². The summed E-state index contributed by atoms with van der Waals surface area (Å²) in [5.41, 5.74) is 7.88. The van der Waals surface area contributed by atoms with Gasteiger partial charge in [-0.1, -0.05) is 16.8 Å². The standard InChI is InChI=1S/C11H11ClN4O/c12-10-3-7(13)1-2-9(10)11-4-16(15-14-11)8-5-17-6-8/h1-4,8H,5-6,13H2. The summed E-state index contributed by atoms with van der Waals surface area (Å²) in [7, 11) is 0. The highest BCUT2D eigenvalue weighted by Crippen LogP contribution is 2.28. The van der Waals surface area contributed by atoms with Gasteiger partial charge in [0.05, 0.1) is 24.4 Å². The van der Waals surface area contributed by atoms with Crippen molar-refractivity contribution < 1.29 is 4.74 Å². The van der Waals surface area contributed by atoms with Crippen LogP contribution in [0.5, 0.6) is 0 Å². The number of benzene rings is 1. The number of ether oxygens (including phenoxy) is 1. The van der Waals surface area contributed by atoms with Crippen molar-refractivity contribution >= 4 is 17.3 Å². The van der Waals surface area contributed by atoms with E-state index in [2.05, 4.69) is 10.3 Å². The number of halogens is 1. The van der Waals surface area contributed by atoms with E-state index in [-0.39, 0.29) is 0 Å². The maximum atomic E-state index is 6.12. The number of nitrogens with zero attached hydrogens (tertiary/aromatic N) is 3. The Labute approximate surface area is 103 Å². The van der Waals surface area contributed by atoms with Crippen LogP contribution in [0.4, 0.5) is 5.69 Å². The van der Waals surface area contributed by atoms with Gasteiger partial charge in [-0.15, -0.1) is 5.10 Å². The second kappa shape index (κ2) is 4.01. The minimum absolute atomic E-state index is 0.295. The van der Waals surface area contributed by atoms with Crippen LogP contribution in [0.1, 0.15) is 6.04 Å². The highest BCUT2D eigenvalue weighted by molar-refractivity contribution is 6.33. The lowest BCUT2D eigenvalue weighted by Gasteiger charge is -2.25. The summed E-state index contributed by atoms with van der Waals surface area (Å²) in [5.74, 6) is 0. The Morgan fingerprint density at radius 2 is 2.24 bits per heavy atom. The molecule has 2 aromatic rings. The molecule has 0 saturated carbocycles. The summed E-state index contributed by atoms with van der Waals surface area (Å²) < 4.78 is 6.92. The molecule has 0 unspecified atom stereocenters. The molecule has 88 valence electrons. The van der Waals surface area contributed by atoms with Gasteiger partial charge >= 0.3 is 0 Å². The van der Waals surface area contributed by atoms with E-state index in [0.717, 1.165) is 11.3 Å². The van der Waals surface area contributed by atoms with Crippen molar-refractivity contribution in [1.82, 2.24) is 15.0 Å². The van der Waals surface area contributed by atoms with Gasteiger partial charge in [0, 0.05) is 11.3 Å². The van der Waals surface area contributed by atoms with Crippen LogP contribution in [-0.2, 0) is 4.74 Å². The summed E-state index contributed by atoms with van der Waals surface area (Å²) in [6, 6.07) is 5.65. The Balaban J connectivity index is 1.94. The summed E-state index contributed by atoms with van der Waals surface area (Å²) in [4.78, 5) is 0. The van der Waals surface area contributed by atoms with Crippen LogP contribution < -0.4 is 5.73 Å². The fourth-order valence-corrected chi connectivity index (χ4v) is 1.98. The lowest BCUT2D eigenvalue weighted by Crippen LogP contribution is -2.30. The largest absolute Gasteiger partial charge is 0.399 e. The van der Waals surface area contributed by atoms with Gasteiger partial charge in [0.2, 0.25) is 0 Å². The van der Waals surface area contributed by atoms with Gasteiger partial charge in [-0.3, -0.25) is 0 Å².